The Labute approximate surface area is 223 Å². The van der Waals surface area contributed by atoms with Gasteiger partial charge in [-0.05, 0) is 32.0 Å². The summed E-state index contributed by atoms with van der Waals surface area (Å²) in [5.74, 6) is -2.72. The number of nitriles is 1. The normalized spacial score (nSPS) is 20.9. The number of hydrogen-bond acceptors (Lipinski definition) is 6. The highest BCUT2D eigenvalue weighted by atomic mass is 19.1. The third-order valence-corrected chi connectivity index (χ3v) is 6.64. The maximum Gasteiger partial charge on any atom is 0.225 e. The third-order valence-electron chi connectivity index (χ3n) is 6.64. The van der Waals surface area contributed by atoms with Gasteiger partial charge >= 0.3 is 0 Å². The number of rotatable bonds is 4. The van der Waals surface area contributed by atoms with Gasteiger partial charge in [-0.2, -0.15) is 5.26 Å². The average Bonchev–Trinajstić information content (AvgIpc) is 3.32. The molecule has 1 saturated heterocycles. The molecule has 1 aliphatic rings. The quantitative estimate of drug-likeness (QED) is 0.405. The minimum atomic E-state index is -3.00. The zero-order valence-corrected chi connectivity index (χ0v) is 20.3. The average molecular weight is 504 g/mol. The van der Waals surface area contributed by atoms with Gasteiger partial charge in [0, 0.05) is 62.8 Å². The van der Waals surface area contributed by atoms with E-state index in [1.807, 2.05) is 11.8 Å². The molecule has 1 amide bonds. The smallest absolute Gasteiger partial charge is 0.225 e. The number of fused-ring (bicyclic) bond motifs is 1. The molecule has 1 aromatic carbocycles. The number of benzene rings is 1. The van der Waals surface area contributed by atoms with Crippen molar-refractivity contribution in [1.29, 1.82) is 5.26 Å². The van der Waals surface area contributed by atoms with Crippen LogP contribution in [0.15, 0.2) is 55.1 Å². The lowest BCUT2D eigenvalue weighted by Gasteiger charge is -2.45. The van der Waals surface area contributed by atoms with Crippen molar-refractivity contribution < 1.29 is 17.4 Å². The number of carbonyl (C=O) groups is 1. The third kappa shape index (κ3) is 4.29. The molecular formula is C28H28FN7O. The van der Waals surface area contributed by atoms with Gasteiger partial charge in [0.25, 0.3) is 0 Å². The highest BCUT2D eigenvalue weighted by molar-refractivity contribution is 6.02. The van der Waals surface area contributed by atoms with Crippen LogP contribution in [-0.2, 0) is 4.79 Å². The Balaban J connectivity index is 1.62. The van der Waals surface area contributed by atoms with Crippen LogP contribution >= 0.6 is 0 Å². The second kappa shape index (κ2) is 9.62. The maximum absolute atomic E-state index is 15.2. The number of piperazine rings is 1. The molecule has 0 saturated carbocycles. The zero-order chi connectivity index (χ0) is 31.3. The first kappa shape index (κ1) is 18.0. The minimum Gasteiger partial charge on any atom is -0.349 e. The van der Waals surface area contributed by atoms with Crippen LogP contribution in [0.1, 0.15) is 41.3 Å². The highest BCUT2D eigenvalue weighted by Crippen LogP contribution is 2.39. The van der Waals surface area contributed by atoms with E-state index in [1.165, 1.54) is 23.5 Å². The molecule has 37 heavy (non-hydrogen) atoms. The number of amides is 1. The summed E-state index contributed by atoms with van der Waals surface area (Å²) in [6.45, 7) is -2.25. The van der Waals surface area contributed by atoms with Crippen LogP contribution in [0.3, 0.4) is 0 Å². The van der Waals surface area contributed by atoms with Crippen LogP contribution < -0.4 is 4.90 Å². The van der Waals surface area contributed by atoms with Crippen LogP contribution in [0, 0.1) is 23.1 Å². The molecule has 188 valence electrons. The Kier molecular flexibility index (Phi) is 4.68. The van der Waals surface area contributed by atoms with E-state index in [4.69, 9.17) is 8.22 Å². The Bertz CT molecular complexity index is 1720. The van der Waals surface area contributed by atoms with Crippen molar-refractivity contribution >= 4 is 22.8 Å². The Morgan fingerprint density at radius 1 is 1.14 bits per heavy atom. The molecule has 4 aromatic rings. The molecule has 1 fully saturated rings. The van der Waals surface area contributed by atoms with Gasteiger partial charge in [0.05, 0.1) is 17.0 Å². The van der Waals surface area contributed by atoms with Crippen molar-refractivity contribution in [3.05, 3.63) is 66.5 Å². The summed E-state index contributed by atoms with van der Waals surface area (Å²) in [4.78, 5) is 30.1. The summed E-state index contributed by atoms with van der Waals surface area (Å²) < 4.78 is 63.3. The lowest BCUT2D eigenvalue weighted by atomic mass is 10.0. The van der Waals surface area contributed by atoms with E-state index in [0.717, 1.165) is 0 Å². The van der Waals surface area contributed by atoms with Crippen molar-refractivity contribution in [2.45, 2.75) is 39.6 Å². The van der Waals surface area contributed by atoms with Gasteiger partial charge in [-0.15, -0.1) is 0 Å². The standard InChI is InChI=1S/C28H28FN7O/c1-17(2)28(37)35-14-18(3)34(13-19(35)4)26-25-22(21-7-5-6-8-23(21)29)15-36(27(25)33-16-32-26)24-11-20(12-30)9-10-31-24/h5-11,15-19H,13-14H2,1-4H3/t18-,19+/m0/s1/i1D3,2D3. The van der Waals surface area contributed by atoms with Gasteiger partial charge in [0.1, 0.15) is 23.8 Å². The summed E-state index contributed by atoms with van der Waals surface area (Å²) in [5, 5.41) is 9.95. The van der Waals surface area contributed by atoms with Crippen molar-refractivity contribution in [3.63, 3.8) is 0 Å². The molecule has 0 bridgehead atoms. The number of halogens is 1. The molecular weight excluding hydrogens is 469 g/mol. The first-order valence-electron chi connectivity index (χ1n) is 14.8. The molecule has 0 radical (unpaired) electrons. The molecule has 1 aliphatic heterocycles. The van der Waals surface area contributed by atoms with Gasteiger partial charge in [0.2, 0.25) is 5.91 Å². The predicted molar refractivity (Wildman–Crippen MR) is 140 cm³/mol. The predicted octanol–water partition coefficient (Wildman–Crippen LogP) is 4.57. The Hall–Kier alpha value is -4.32. The number of pyridine rings is 1. The molecule has 8 nitrogen and oxygen atoms in total. The van der Waals surface area contributed by atoms with Crippen LogP contribution in [-0.4, -0.2) is 55.5 Å². The summed E-state index contributed by atoms with van der Waals surface area (Å²) in [7, 11) is 0. The van der Waals surface area contributed by atoms with Crippen LogP contribution in [0.5, 0.6) is 0 Å². The fourth-order valence-corrected chi connectivity index (χ4v) is 4.84. The van der Waals surface area contributed by atoms with E-state index < -0.39 is 43.4 Å². The maximum atomic E-state index is 15.2. The Morgan fingerprint density at radius 2 is 1.95 bits per heavy atom. The second-order valence-corrected chi connectivity index (χ2v) is 9.08. The van der Waals surface area contributed by atoms with E-state index in [0.29, 0.717) is 39.4 Å². The van der Waals surface area contributed by atoms with Gasteiger partial charge in [0.15, 0.2) is 5.65 Å². The molecule has 9 heteroatoms. The minimum absolute atomic E-state index is 0.0374. The van der Waals surface area contributed by atoms with Gasteiger partial charge in [-0.25, -0.2) is 19.3 Å². The SMILES string of the molecule is [2H]C([2H])([2H])C(C(=O)N1C[C@H](C)N(c2ncnc3c2c(-c2ccccc2F)cn3-c2cc(C#N)ccn2)C[C@H]1C)C([2H])([2H])[2H]. The topological polar surface area (TPSA) is 90.9 Å². The van der Waals surface area contributed by atoms with Crippen LogP contribution in [0.4, 0.5) is 10.2 Å². The van der Waals surface area contributed by atoms with Crippen molar-refractivity contribution in [3.8, 4) is 23.0 Å². The van der Waals surface area contributed by atoms with Crippen molar-refractivity contribution in [1.82, 2.24) is 24.4 Å². The molecule has 0 aliphatic carbocycles. The van der Waals surface area contributed by atoms with E-state index in [9.17, 15) is 10.1 Å². The van der Waals surface area contributed by atoms with Gasteiger partial charge in [-0.1, -0.05) is 31.9 Å². The fraction of sp³-hybridized carbons (Fsp3) is 0.321. The number of carbonyl (C=O) groups excluding carboxylic acids is 1. The fourth-order valence-electron chi connectivity index (χ4n) is 4.84. The second-order valence-electron chi connectivity index (χ2n) is 9.08. The highest BCUT2D eigenvalue weighted by Gasteiger charge is 2.35. The van der Waals surface area contributed by atoms with Crippen LogP contribution in [0.2, 0.25) is 0 Å². The molecule has 3 aromatic heterocycles. The van der Waals surface area contributed by atoms with E-state index in [-0.39, 0.29) is 13.1 Å². The molecule has 4 heterocycles. The zero-order valence-electron chi connectivity index (χ0n) is 26.3. The monoisotopic (exact) mass is 503 g/mol. The van der Waals surface area contributed by atoms with Crippen LogP contribution in [0.25, 0.3) is 28.0 Å². The molecule has 2 atom stereocenters. The first-order valence-corrected chi connectivity index (χ1v) is 11.8. The summed E-state index contributed by atoms with van der Waals surface area (Å²) in [5.41, 5.74) is 1.57. The summed E-state index contributed by atoms with van der Waals surface area (Å²) in [6, 6.07) is 10.5. The molecule has 0 unspecified atom stereocenters. The Morgan fingerprint density at radius 3 is 2.70 bits per heavy atom. The lowest BCUT2D eigenvalue weighted by Crippen LogP contribution is -2.59. The number of anilines is 1. The molecule has 0 spiro atoms. The van der Waals surface area contributed by atoms with E-state index >= 15 is 4.39 Å². The molecule has 5 rings (SSSR count). The lowest BCUT2D eigenvalue weighted by molar-refractivity contribution is -0.137. The first-order chi connectivity index (χ1) is 20.2. The van der Waals surface area contributed by atoms with Gasteiger partial charge in [-0.3, -0.25) is 9.36 Å². The number of hydrogen-bond donors (Lipinski definition) is 0. The number of nitrogens with zero attached hydrogens (tertiary/aromatic N) is 7. The van der Waals surface area contributed by atoms with E-state index in [2.05, 4.69) is 21.0 Å². The van der Waals surface area contributed by atoms with E-state index in [1.54, 1.807) is 48.0 Å². The van der Waals surface area contributed by atoms with Gasteiger partial charge < -0.3 is 9.80 Å². The summed E-state index contributed by atoms with van der Waals surface area (Å²) >= 11 is 0. The van der Waals surface area contributed by atoms with Crippen molar-refractivity contribution in [2.24, 2.45) is 5.92 Å². The van der Waals surface area contributed by atoms with Crippen molar-refractivity contribution in [2.75, 3.05) is 18.0 Å². The number of aromatic nitrogens is 4. The largest absolute Gasteiger partial charge is 0.349 e. The summed E-state index contributed by atoms with van der Waals surface area (Å²) in [6.07, 6.45) is 4.55. The molecule has 0 N–H and O–H groups in total.